The van der Waals surface area contributed by atoms with Crippen molar-refractivity contribution in [3.05, 3.63) is 46.2 Å². The van der Waals surface area contributed by atoms with Crippen molar-refractivity contribution in [1.82, 2.24) is 15.1 Å². The Kier molecular flexibility index (Phi) is 4.61. The van der Waals surface area contributed by atoms with E-state index in [1.54, 1.807) is 0 Å². The molecule has 1 aromatic heterocycles. The Morgan fingerprint density at radius 2 is 1.95 bits per heavy atom. The van der Waals surface area contributed by atoms with E-state index in [-0.39, 0.29) is 0 Å². The van der Waals surface area contributed by atoms with E-state index in [9.17, 15) is 0 Å². The summed E-state index contributed by atoms with van der Waals surface area (Å²) < 4.78 is 1.99. The van der Waals surface area contributed by atoms with Gasteiger partial charge in [0, 0.05) is 17.8 Å². The van der Waals surface area contributed by atoms with Gasteiger partial charge in [0.25, 0.3) is 0 Å². The van der Waals surface area contributed by atoms with Gasteiger partial charge >= 0.3 is 0 Å². The molecule has 0 saturated carbocycles. The van der Waals surface area contributed by atoms with Gasteiger partial charge in [-0.25, -0.2) is 4.68 Å². The lowest BCUT2D eigenvalue weighted by molar-refractivity contribution is 0.779. The van der Waals surface area contributed by atoms with Crippen LogP contribution < -0.4 is 5.32 Å². The van der Waals surface area contributed by atoms with E-state index < -0.39 is 0 Å². The fourth-order valence-corrected chi connectivity index (χ4v) is 2.60. The number of halogens is 1. The summed E-state index contributed by atoms with van der Waals surface area (Å²) in [6.45, 7) is 5.14. The quantitative estimate of drug-likeness (QED) is 0.908. The highest BCUT2D eigenvalue weighted by Crippen LogP contribution is 2.25. The molecule has 0 aliphatic heterocycles. The third-order valence-electron chi connectivity index (χ3n) is 3.28. The van der Waals surface area contributed by atoms with Crippen molar-refractivity contribution >= 4 is 11.6 Å². The first-order chi connectivity index (χ1) is 9.22. The molecule has 0 atom stereocenters. The molecule has 0 bridgehead atoms. The number of nitrogens with one attached hydrogen (secondary N) is 1. The minimum Gasteiger partial charge on any atom is -0.316 e. The van der Waals surface area contributed by atoms with Crippen molar-refractivity contribution in [2.24, 2.45) is 0 Å². The molecular formula is C15H20ClN3. The molecular weight excluding hydrogens is 258 g/mol. The van der Waals surface area contributed by atoms with E-state index >= 15 is 0 Å². The van der Waals surface area contributed by atoms with E-state index in [4.69, 9.17) is 16.7 Å². The lowest BCUT2D eigenvalue weighted by Gasteiger charge is -2.09. The van der Waals surface area contributed by atoms with Gasteiger partial charge < -0.3 is 5.32 Å². The van der Waals surface area contributed by atoms with Gasteiger partial charge in [-0.3, -0.25) is 0 Å². The van der Waals surface area contributed by atoms with Crippen LogP contribution in [0.2, 0.25) is 5.02 Å². The third kappa shape index (κ3) is 2.67. The van der Waals surface area contributed by atoms with E-state index in [0.29, 0.717) is 0 Å². The van der Waals surface area contributed by atoms with Crippen LogP contribution in [0.15, 0.2) is 24.3 Å². The van der Waals surface area contributed by atoms with Crippen LogP contribution in [-0.2, 0) is 19.4 Å². The van der Waals surface area contributed by atoms with Crippen molar-refractivity contribution in [2.45, 2.75) is 33.2 Å². The summed E-state index contributed by atoms with van der Waals surface area (Å²) in [5, 5.41) is 8.70. The van der Waals surface area contributed by atoms with Crippen molar-refractivity contribution in [2.75, 3.05) is 7.05 Å². The average molecular weight is 278 g/mol. The fourth-order valence-electron chi connectivity index (χ4n) is 2.39. The van der Waals surface area contributed by atoms with Crippen LogP contribution >= 0.6 is 11.6 Å². The predicted octanol–water partition coefficient (Wildman–Crippen LogP) is 3.37. The van der Waals surface area contributed by atoms with Crippen molar-refractivity contribution < 1.29 is 0 Å². The highest BCUT2D eigenvalue weighted by atomic mass is 35.5. The molecule has 102 valence electrons. The largest absolute Gasteiger partial charge is 0.316 e. The van der Waals surface area contributed by atoms with Crippen LogP contribution in [0.3, 0.4) is 0 Å². The topological polar surface area (TPSA) is 29.9 Å². The third-order valence-corrected chi connectivity index (χ3v) is 3.60. The molecule has 19 heavy (non-hydrogen) atoms. The zero-order valence-corrected chi connectivity index (χ0v) is 12.5. The lowest BCUT2D eigenvalue weighted by atomic mass is 10.1. The Hall–Kier alpha value is -1.32. The van der Waals surface area contributed by atoms with E-state index in [1.165, 1.54) is 11.3 Å². The summed E-state index contributed by atoms with van der Waals surface area (Å²) in [5.41, 5.74) is 4.64. The Labute approximate surface area is 119 Å². The molecule has 0 unspecified atom stereocenters. The Balaban J connectivity index is 2.60. The molecule has 4 heteroatoms. The fraction of sp³-hybridized carbons (Fsp3) is 0.400. The summed E-state index contributed by atoms with van der Waals surface area (Å²) in [7, 11) is 1.96. The predicted molar refractivity (Wildman–Crippen MR) is 80.1 cm³/mol. The van der Waals surface area contributed by atoms with E-state index in [1.807, 2.05) is 36.0 Å². The molecule has 2 aromatic rings. The van der Waals surface area contributed by atoms with Crippen LogP contribution in [0, 0.1) is 0 Å². The van der Waals surface area contributed by atoms with Crippen molar-refractivity contribution in [3.63, 3.8) is 0 Å². The SMILES string of the molecule is CCc1nn(-c2ccccc2Cl)c(CC)c1CNC. The maximum Gasteiger partial charge on any atom is 0.0835 e. The van der Waals surface area contributed by atoms with Gasteiger partial charge in [0.05, 0.1) is 16.4 Å². The van der Waals surface area contributed by atoms with Gasteiger partial charge in [0.1, 0.15) is 0 Å². The van der Waals surface area contributed by atoms with Gasteiger partial charge in [-0.15, -0.1) is 0 Å². The van der Waals surface area contributed by atoms with Crippen LogP contribution in [-0.4, -0.2) is 16.8 Å². The number of rotatable bonds is 5. The first-order valence-electron chi connectivity index (χ1n) is 6.72. The second kappa shape index (κ2) is 6.22. The minimum atomic E-state index is 0.735. The first kappa shape index (κ1) is 14.1. The monoisotopic (exact) mass is 277 g/mol. The molecule has 0 radical (unpaired) electrons. The number of hydrogen-bond donors (Lipinski definition) is 1. The first-order valence-corrected chi connectivity index (χ1v) is 7.09. The molecule has 3 nitrogen and oxygen atoms in total. The van der Waals surface area contributed by atoms with Gasteiger partial charge in [-0.05, 0) is 32.0 Å². The Morgan fingerprint density at radius 3 is 2.53 bits per heavy atom. The van der Waals surface area contributed by atoms with E-state index in [2.05, 4.69) is 19.2 Å². The number of benzene rings is 1. The number of para-hydroxylation sites is 1. The minimum absolute atomic E-state index is 0.735. The highest BCUT2D eigenvalue weighted by molar-refractivity contribution is 6.32. The van der Waals surface area contributed by atoms with Crippen molar-refractivity contribution in [3.8, 4) is 5.69 Å². The number of aryl methyl sites for hydroxylation is 1. The number of aromatic nitrogens is 2. The summed E-state index contributed by atoms with van der Waals surface area (Å²) in [4.78, 5) is 0. The summed E-state index contributed by atoms with van der Waals surface area (Å²) in [5.74, 6) is 0. The molecule has 1 aromatic carbocycles. The Morgan fingerprint density at radius 1 is 1.21 bits per heavy atom. The zero-order valence-electron chi connectivity index (χ0n) is 11.7. The summed E-state index contributed by atoms with van der Waals surface area (Å²) in [6.07, 6.45) is 1.87. The second-order valence-corrected chi connectivity index (χ2v) is 4.88. The van der Waals surface area contributed by atoms with Crippen LogP contribution in [0.4, 0.5) is 0 Å². The maximum absolute atomic E-state index is 6.29. The van der Waals surface area contributed by atoms with Crippen LogP contribution in [0.25, 0.3) is 5.69 Å². The summed E-state index contributed by atoms with van der Waals surface area (Å²) >= 11 is 6.29. The number of nitrogens with zero attached hydrogens (tertiary/aromatic N) is 2. The van der Waals surface area contributed by atoms with Crippen LogP contribution in [0.5, 0.6) is 0 Å². The zero-order chi connectivity index (χ0) is 13.8. The number of hydrogen-bond acceptors (Lipinski definition) is 2. The van der Waals surface area contributed by atoms with Gasteiger partial charge in [0.15, 0.2) is 0 Å². The highest BCUT2D eigenvalue weighted by Gasteiger charge is 2.16. The molecule has 2 rings (SSSR count). The standard InChI is InChI=1S/C15H20ClN3/c1-4-13-11(10-17-3)14(5-2)19(18-13)15-9-7-6-8-12(15)16/h6-9,17H,4-5,10H2,1-3H3. The lowest BCUT2D eigenvalue weighted by Crippen LogP contribution is -2.09. The normalized spacial score (nSPS) is 10.9. The molecule has 0 aliphatic carbocycles. The molecule has 1 N–H and O–H groups in total. The van der Waals surface area contributed by atoms with E-state index in [0.717, 1.165) is 35.8 Å². The summed E-state index contributed by atoms with van der Waals surface area (Å²) in [6, 6.07) is 7.85. The average Bonchev–Trinajstić information content (AvgIpc) is 2.77. The van der Waals surface area contributed by atoms with Crippen LogP contribution in [0.1, 0.15) is 30.8 Å². The molecule has 0 amide bonds. The maximum atomic E-state index is 6.29. The molecule has 0 spiro atoms. The smallest absolute Gasteiger partial charge is 0.0835 e. The van der Waals surface area contributed by atoms with Crippen molar-refractivity contribution in [1.29, 1.82) is 0 Å². The van der Waals surface area contributed by atoms with Gasteiger partial charge in [0.2, 0.25) is 0 Å². The van der Waals surface area contributed by atoms with Gasteiger partial charge in [-0.1, -0.05) is 37.6 Å². The molecule has 1 heterocycles. The molecule has 0 saturated heterocycles. The molecule has 0 aliphatic rings. The second-order valence-electron chi connectivity index (χ2n) is 4.47. The van der Waals surface area contributed by atoms with Gasteiger partial charge in [-0.2, -0.15) is 5.10 Å². The molecule has 0 fully saturated rings. The Bertz CT molecular complexity index is 561.